The van der Waals surface area contributed by atoms with Crippen LogP contribution in [0, 0.1) is 23.2 Å². The lowest BCUT2D eigenvalue weighted by Crippen LogP contribution is -2.55. The van der Waals surface area contributed by atoms with E-state index in [2.05, 4.69) is 19.3 Å². The standard InChI is InChI=1S/C14H24ClN/c1-9(16-2)6-14-7-10-3-11(8-14)5-12(4-10)13(14)15/h9-13,16H,3-8H2,1-2H3. The van der Waals surface area contributed by atoms with Crippen LogP contribution >= 0.6 is 11.6 Å². The minimum atomic E-state index is 0.469. The van der Waals surface area contributed by atoms with Gasteiger partial charge in [0.2, 0.25) is 0 Å². The number of nitrogens with one attached hydrogen (secondary N) is 1. The Bertz CT molecular complexity index is 264. The Balaban J connectivity index is 1.82. The minimum Gasteiger partial charge on any atom is -0.317 e. The van der Waals surface area contributed by atoms with Crippen LogP contribution in [0.5, 0.6) is 0 Å². The molecule has 4 unspecified atom stereocenters. The maximum absolute atomic E-state index is 6.80. The Kier molecular flexibility index (Phi) is 2.75. The van der Waals surface area contributed by atoms with Gasteiger partial charge in [-0.15, -0.1) is 11.6 Å². The summed E-state index contributed by atoms with van der Waals surface area (Å²) in [5, 5.41) is 3.87. The Morgan fingerprint density at radius 3 is 2.44 bits per heavy atom. The SMILES string of the molecule is CNC(C)CC12CC3CC(CC(C3)C1Cl)C2. The highest BCUT2D eigenvalue weighted by molar-refractivity contribution is 6.21. The summed E-state index contributed by atoms with van der Waals surface area (Å²) in [4.78, 5) is 0. The van der Waals surface area contributed by atoms with Crippen molar-refractivity contribution < 1.29 is 0 Å². The summed E-state index contributed by atoms with van der Waals surface area (Å²) >= 11 is 6.80. The summed E-state index contributed by atoms with van der Waals surface area (Å²) in [5.74, 6) is 2.87. The first-order valence-corrected chi connectivity index (χ1v) is 7.38. The lowest BCUT2D eigenvalue weighted by Gasteiger charge is -2.60. The van der Waals surface area contributed by atoms with Gasteiger partial charge in [-0.3, -0.25) is 0 Å². The van der Waals surface area contributed by atoms with E-state index < -0.39 is 0 Å². The Morgan fingerprint density at radius 2 is 1.88 bits per heavy atom. The van der Waals surface area contributed by atoms with Crippen LogP contribution < -0.4 is 5.32 Å². The van der Waals surface area contributed by atoms with Crippen LogP contribution in [0.25, 0.3) is 0 Å². The molecule has 0 aromatic heterocycles. The average molecular weight is 242 g/mol. The van der Waals surface area contributed by atoms with Crippen molar-refractivity contribution in [2.75, 3.05) is 7.05 Å². The first-order valence-electron chi connectivity index (χ1n) is 6.94. The van der Waals surface area contributed by atoms with Gasteiger partial charge in [0.15, 0.2) is 0 Å². The largest absolute Gasteiger partial charge is 0.317 e. The summed E-state index contributed by atoms with van der Waals surface area (Å²) in [7, 11) is 2.08. The summed E-state index contributed by atoms with van der Waals surface area (Å²) in [6, 6.07) is 0.623. The molecule has 4 aliphatic carbocycles. The summed E-state index contributed by atoms with van der Waals surface area (Å²) in [6.07, 6.45) is 8.50. The molecule has 4 bridgehead atoms. The number of alkyl halides is 1. The monoisotopic (exact) mass is 241 g/mol. The van der Waals surface area contributed by atoms with E-state index in [4.69, 9.17) is 11.6 Å². The van der Waals surface area contributed by atoms with Crippen molar-refractivity contribution in [3.8, 4) is 0 Å². The summed E-state index contributed by atoms with van der Waals surface area (Å²) in [6.45, 7) is 2.31. The third-order valence-corrected chi connectivity index (χ3v) is 6.35. The molecule has 0 aromatic carbocycles. The number of rotatable bonds is 3. The molecular weight excluding hydrogens is 218 g/mol. The molecule has 0 aliphatic heterocycles. The van der Waals surface area contributed by atoms with Gasteiger partial charge in [-0.05, 0) is 75.7 Å². The molecule has 4 fully saturated rings. The number of halogens is 1. The molecule has 4 atom stereocenters. The van der Waals surface area contributed by atoms with Crippen LogP contribution in [-0.4, -0.2) is 18.5 Å². The third kappa shape index (κ3) is 1.62. The van der Waals surface area contributed by atoms with Gasteiger partial charge in [-0.25, -0.2) is 0 Å². The lowest BCUT2D eigenvalue weighted by atomic mass is 9.48. The molecule has 0 heterocycles. The molecule has 0 spiro atoms. The van der Waals surface area contributed by atoms with Gasteiger partial charge in [0, 0.05) is 11.4 Å². The van der Waals surface area contributed by atoms with Crippen LogP contribution in [0.15, 0.2) is 0 Å². The van der Waals surface area contributed by atoms with Gasteiger partial charge < -0.3 is 5.32 Å². The van der Waals surface area contributed by atoms with Gasteiger partial charge in [0.05, 0.1) is 0 Å². The zero-order chi connectivity index (χ0) is 11.3. The highest BCUT2D eigenvalue weighted by Gasteiger charge is 2.56. The van der Waals surface area contributed by atoms with E-state index in [0.29, 0.717) is 16.8 Å². The number of hydrogen-bond donors (Lipinski definition) is 1. The zero-order valence-electron chi connectivity index (χ0n) is 10.5. The van der Waals surface area contributed by atoms with Crippen molar-refractivity contribution in [1.82, 2.24) is 5.32 Å². The maximum Gasteiger partial charge on any atom is 0.0421 e. The van der Waals surface area contributed by atoms with Crippen LogP contribution in [0.3, 0.4) is 0 Å². The van der Waals surface area contributed by atoms with Crippen molar-refractivity contribution >= 4 is 11.6 Å². The van der Waals surface area contributed by atoms with Crippen molar-refractivity contribution in [3.05, 3.63) is 0 Å². The second kappa shape index (κ2) is 3.88. The van der Waals surface area contributed by atoms with Crippen molar-refractivity contribution in [2.45, 2.75) is 56.9 Å². The predicted molar refractivity (Wildman–Crippen MR) is 68.8 cm³/mol. The van der Waals surface area contributed by atoms with Gasteiger partial charge in [-0.1, -0.05) is 0 Å². The quantitative estimate of drug-likeness (QED) is 0.747. The molecule has 92 valence electrons. The summed E-state index contributed by atoms with van der Waals surface area (Å²) in [5.41, 5.74) is 0.485. The van der Waals surface area contributed by atoms with Gasteiger partial charge in [0.1, 0.15) is 0 Å². The fourth-order valence-electron chi connectivity index (χ4n) is 5.14. The second-order valence-electron chi connectivity index (χ2n) is 6.77. The summed E-state index contributed by atoms with van der Waals surface area (Å²) < 4.78 is 0. The lowest BCUT2D eigenvalue weighted by molar-refractivity contribution is -0.0558. The first-order chi connectivity index (χ1) is 7.63. The fraction of sp³-hybridized carbons (Fsp3) is 1.00. The molecule has 1 N–H and O–H groups in total. The smallest absolute Gasteiger partial charge is 0.0421 e. The molecule has 1 nitrogen and oxygen atoms in total. The van der Waals surface area contributed by atoms with E-state index in [9.17, 15) is 0 Å². The second-order valence-corrected chi connectivity index (χ2v) is 7.24. The van der Waals surface area contributed by atoms with Gasteiger partial charge in [0.25, 0.3) is 0 Å². The molecule has 2 heteroatoms. The van der Waals surface area contributed by atoms with Gasteiger partial charge in [-0.2, -0.15) is 0 Å². The first kappa shape index (κ1) is 11.3. The molecule has 4 saturated carbocycles. The Morgan fingerprint density at radius 1 is 1.25 bits per heavy atom. The Hall–Kier alpha value is 0.250. The molecule has 16 heavy (non-hydrogen) atoms. The van der Waals surface area contributed by atoms with E-state index in [1.54, 1.807) is 0 Å². The maximum atomic E-state index is 6.80. The normalized spacial score (nSPS) is 51.9. The van der Waals surface area contributed by atoms with Crippen LogP contribution in [0.2, 0.25) is 0 Å². The molecule has 4 rings (SSSR count). The van der Waals surface area contributed by atoms with Crippen molar-refractivity contribution in [3.63, 3.8) is 0 Å². The van der Waals surface area contributed by atoms with E-state index in [-0.39, 0.29) is 0 Å². The highest BCUT2D eigenvalue weighted by atomic mass is 35.5. The average Bonchev–Trinajstić information content (AvgIpc) is 2.24. The van der Waals surface area contributed by atoms with Crippen LogP contribution in [0.1, 0.15) is 45.4 Å². The van der Waals surface area contributed by atoms with E-state index in [0.717, 1.165) is 17.8 Å². The fourth-order valence-corrected chi connectivity index (χ4v) is 5.61. The highest BCUT2D eigenvalue weighted by Crippen LogP contribution is 2.63. The van der Waals surface area contributed by atoms with E-state index in [1.165, 1.54) is 38.5 Å². The van der Waals surface area contributed by atoms with Crippen LogP contribution in [-0.2, 0) is 0 Å². The number of hydrogen-bond acceptors (Lipinski definition) is 1. The van der Waals surface area contributed by atoms with E-state index in [1.807, 2.05) is 0 Å². The van der Waals surface area contributed by atoms with Crippen LogP contribution in [0.4, 0.5) is 0 Å². The molecular formula is C14H24ClN. The molecule has 4 aliphatic rings. The molecule has 0 amide bonds. The molecule has 0 saturated heterocycles. The van der Waals surface area contributed by atoms with Crippen molar-refractivity contribution in [1.29, 1.82) is 0 Å². The van der Waals surface area contributed by atoms with Crippen molar-refractivity contribution in [2.24, 2.45) is 23.2 Å². The zero-order valence-corrected chi connectivity index (χ0v) is 11.3. The van der Waals surface area contributed by atoms with E-state index >= 15 is 0 Å². The predicted octanol–water partition coefficient (Wildman–Crippen LogP) is 3.42. The molecule has 0 aromatic rings. The third-order valence-electron chi connectivity index (χ3n) is 5.53. The minimum absolute atomic E-state index is 0.469. The Labute approximate surface area is 104 Å². The van der Waals surface area contributed by atoms with Gasteiger partial charge >= 0.3 is 0 Å². The topological polar surface area (TPSA) is 12.0 Å². The molecule has 0 radical (unpaired) electrons.